The van der Waals surface area contributed by atoms with Crippen LogP contribution in [-0.4, -0.2) is 34.8 Å². The van der Waals surface area contributed by atoms with Gasteiger partial charge in [-0.1, -0.05) is 37.5 Å². The lowest BCUT2D eigenvalue weighted by atomic mass is 9.94. The third kappa shape index (κ3) is 6.08. The fourth-order valence-corrected chi connectivity index (χ4v) is 4.22. The van der Waals surface area contributed by atoms with Crippen LogP contribution in [0.4, 0.5) is 18.9 Å². The molecule has 2 amide bonds. The molecule has 3 rings (SSSR count). The molecule has 2 aromatic rings. The Hall–Kier alpha value is -3.07. The number of nitrogens with one attached hydrogen (secondary N) is 1. The van der Waals surface area contributed by atoms with E-state index >= 15 is 0 Å². The quantitative estimate of drug-likeness (QED) is 0.518. The summed E-state index contributed by atoms with van der Waals surface area (Å²) in [6.45, 7) is 0. The fourth-order valence-electron chi connectivity index (χ4n) is 4.09. The van der Waals surface area contributed by atoms with Gasteiger partial charge in [-0.05, 0) is 48.7 Å². The van der Waals surface area contributed by atoms with Crippen molar-refractivity contribution in [1.29, 1.82) is 0 Å². The van der Waals surface area contributed by atoms with Gasteiger partial charge in [-0.15, -0.1) is 11.6 Å². The summed E-state index contributed by atoms with van der Waals surface area (Å²) in [7, 11) is 0. The minimum absolute atomic E-state index is 0.0375. The van der Waals surface area contributed by atoms with Gasteiger partial charge in [0.15, 0.2) is 0 Å². The van der Waals surface area contributed by atoms with Crippen molar-refractivity contribution < 1.29 is 32.7 Å². The summed E-state index contributed by atoms with van der Waals surface area (Å²) in [5.74, 6) is -3.10. The first-order valence-electron chi connectivity index (χ1n) is 10.8. The van der Waals surface area contributed by atoms with E-state index in [1.807, 2.05) is 0 Å². The number of hydrogen-bond donors (Lipinski definition) is 2. The minimum Gasteiger partial charge on any atom is -0.478 e. The first-order chi connectivity index (χ1) is 16.1. The second-order valence-electron chi connectivity index (χ2n) is 8.12. The molecule has 2 N–H and O–H groups in total. The van der Waals surface area contributed by atoms with E-state index < -0.39 is 41.4 Å². The van der Waals surface area contributed by atoms with Crippen LogP contribution in [0.1, 0.15) is 59.6 Å². The van der Waals surface area contributed by atoms with E-state index in [4.69, 9.17) is 11.6 Å². The SMILES string of the molecule is O=C(O)c1ccc(C(C(=O)NC2CCCCC2)N(C(=O)CCl)c2cccc(C(F)(F)F)c2)cc1. The number of benzene rings is 2. The van der Waals surface area contributed by atoms with E-state index in [1.54, 1.807) is 0 Å². The zero-order valence-corrected chi connectivity index (χ0v) is 18.9. The molecule has 34 heavy (non-hydrogen) atoms. The minimum atomic E-state index is -4.66. The van der Waals surface area contributed by atoms with Crippen molar-refractivity contribution in [3.63, 3.8) is 0 Å². The predicted octanol–water partition coefficient (Wildman–Crippen LogP) is 5.17. The molecule has 0 heterocycles. The molecule has 1 atom stereocenters. The normalized spacial score (nSPS) is 15.4. The van der Waals surface area contributed by atoms with Crippen LogP contribution < -0.4 is 10.2 Å². The van der Waals surface area contributed by atoms with Gasteiger partial charge in [-0.25, -0.2) is 4.79 Å². The van der Waals surface area contributed by atoms with Gasteiger partial charge in [0, 0.05) is 11.7 Å². The molecule has 6 nitrogen and oxygen atoms in total. The summed E-state index contributed by atoms with van der Waals surface area (Å²) in [5.41, 5.74) is -0.921. The molecule has 0 spiro atoms. The molecule has 10 heteroatoms. The van der Waals surface area contributed by atoms with Crippen LogP contribution in [0.2, 0.25) is 0 Å². The number of carboxylic acid groups (broad SMARTS) is 1. The van der Waals surface area contributed by atoms with Gasteiger partial charge in [0.05, 0.1) is 11.1 Å². The maximum Gasteiger partial charge on any atom is 0.416 e. The Morgan fingerprint density at radius 1 is 1.06 bits per heavy atom. The number of alkyl halides is 4. The molecule has 1 aliphatic carbocycles. The molecular formula is C24H24ClF3N2O4. The first-order valence-corrected chi connectivity index (χ1v) is 11.3. The van der Waals surface area contributed by atoms with Crippen LogP contribution in [-0.2, 0) is 15.8 Å². The van der Waals surface area contributed by atoms with E-state index in [0.717, 1.165) is 55.2 Å². The van der Waals surface area contributed by atoms with Gasteiger partial charge in [0.1, 0.15) is 11.9 Å². The number of carbonyl (C=O) groups is 3. The van der Waals surface area contributed by atoms with Crippen LogP contribution in [0.5, 0.6) is 0 Å². The number of nitrogens with zero attached hydrogens (tertiary/aromatic N) is 1. The highest BCUT2D eigenvalue weighted by atomic mass is 35.5. The van der Waals surface area contributed by atoms with Crippen molar-refractivity contribution in [2.75, 3.05) is 10.8 Å². The molecule has 0 bridgehead atoms. The van der Waals surface area contributed by atoms with E-state index in [9.17, 15) is 32.7 Å². The van der Waals surface area contributed by atoms with Crippen molar-refractivity contribution in [3.05, 3.63) is 65.2 Å². The molecule has 0 saturated heterocycles. The van der Waals surface area contributed by atoms with E-state index in [0.29, 0.717) is 0 Å². The lowest BCUT2D eigenvalue weighted by molar-refractivity contribution is -0.137. The summed E-state index contributed by atoms with van der Waals surface area (Å²) in [4.78, 5) is 38.6. The lowest BCUT2D eigenvalue weighted by Gasteiger charge is -2.33. The standard InChI is InChI=1S/C24H24ClF3N2O4/c25-14-20(31)30(19-8-4-5-17(13-19)24(26,27)28)21(15-9-11-16(12-10-15)23(33)34)22(32)29-18-6-2-1-3-7-18/h4-5,8-13,18,21H,1-3,6-7,14H2,(H,29,32)(H,33,34). The molecule has 1 saturated carbocycles. The van der Waals surface area contributed by atoms with E-state index in [-0.39, 0.29) is 22.9 Å². The number of halogens is 4. The summed E-state index contributed by atoms with van der Waals surface area (Å²) >= 11 is 5.80. The average molecular weight is 497 g/mol. The highest BCUT2D eigenvalue weighted by molar-refractivity contribution is 6.29. The number of carbonyl (C=O) groups excluding carboxylic acids is 2. The Morgan fingerprint density at radius 2 is 1.71 bits per heavy atom. The average Bonchev–Trinajstić information content (AvgIpc) is 2.82. The third-order valence-corrected chi connectivity index (χ3v) is 5.99. The zero-order valence-electron chi connectivity index (χ0n) is 18.1. The maximum absolute atomic E-state index is 13.5. The van der Waals surface area contributed by atoms with Crippen LogP contribution >= 0.6 is 11.6 Å². The number of aromatic carboxylic acids is 1. The Bertz CT molecular complexity index is 1040. The summed E-state index contributed by atoms with van der Waals surface area (Å²) in [5, 5.41) is 12.1. The topological polar surface area (TPSA) is 86.7 Å². The Kier molecular flexibility index (Phi) is 8.19. The summed E-state index contributed by atoms with van der Waals surface area (Å²) in [6.07, 6.45) is -0.239. The molecule has 1 unspecified atom stereocenters. The Labute approximate surface area is 199 Å². The number of carboxylic acids is 1. The largest absolute Gasteiger partial charge is 0.478 e. The van der Waals surface area contributed by atoms with Crippen molar-refractivity contribution in [2.24, 2.45) is 0 Å². The molecule has 182 valence electrons. The van der Waals surface area contributed by atoms with E-state index in [2.05, 4.69) is 5.32 Å². The van der Waals surface area contributed by atoms with Gasteiger partial charge in [-0.3, -0.25) is 14.5 Å². The zero-order chi connectivity index (χ0) is 24.9. The number of hydrogen-bond acceptors (Lipinski definition) is 3. The Balaban J connectivity index is 2.08. The molecule has 0 radical (unpaired) electrons. The van der Waals surface area contributed by atoms with Crippen molar-refractivity contribution in [3.8, 4) is 0 Å². The number of rotatable bonds is 7. The van der Waals surface area contributed by atoms with Gasteiger partial charge >= 0.3 is 12.1 Å². The molecule has 0 aliphatic heterocycles. The number of amides is 2. The van der Waals surface area contributed by atoms with Crippen LogP contribution in [0.25, 0.3) is 0 Å². The smallest absolute Gasteiger partial charge is 0.416 e. The van der Waals surface area contributed by atoms with Crippen molar-refractivity contribution in [1.82, 2.24) is 5.32 Å². The Morgan fingerprint density at radius 3 is 2.26 bits per heavy atom. The molecule has 2 aromatic carbocycles. The fraction of sp³-hybridized carbons (Fsp3) is 0.375. The summed E-state index contributed by atoms with van der Waals surface area (Å²) in [6, 6.07) is 7.91. The molecular weight excluding hydrogens is 473 g/mol. The van der Waals surface area contributed by atoms with Crippen LogP contribution in [0.3, 0.4) is 0 Å². The van der Waals surface area contributed by atoms with Crippen molar-refractivity contribution >= 4 is 35.1 Å². The number of anilines is 1. The highest BCUT2D eigenvalue weighted by Gasteiger charge is 2.36. The van der Waals surface area contributed by atoms with Crippen LogP contribution in [0.15, 0.2) is 48.5 Å². The second-order valence-corrected chi connectivity index (χ2v) is 8.39. The first kappa shape index (κ1) is 25.6. The van der Waals surface area contributed by atoms with Crippen LogP contribution in [0, 0.1) is 0 Å². The third-order valence-electron chi connectivity index (χ3n) is 5.77. The van der Waals surface area contributed by atoms with Gasteiger partial charge < -0.3 is 10.4 Å². The lowest BCUT2D eigenvalue weighted by Crippen LogP contribution is -2.47. The van der Waals surface area contributed by atoms with E-state index in [1.165, 1.54) is 30.3 Å². The van der Waals surface area contributed by atoms with Gasteiger partial charge in [0.2, 0.25) is 11.8 Å². The molecule has 1 aliphatic rings. The highest BCUT2D eigenvalue weighted by Crippen LogP contribution is 2.35. The predicted molar refractivity (Wildman–Crippen MR) is 121 cm³/mol. The summed E-state index contributed by atoms with van der Waals surface area (Å²) < 4.78 is 40.1. The molecule has 1 fully saturated rings. The molecule has 0 aromatic heterocycles. The monoisotopic (exact) mass is 496 g/mol. The second kappa shape index (κ2) is 10.9. The van der Waals surface area contributed by atoms with Crippen molar-refractivity contribution in [2.45, 2.75) is 50.4 Å². The van der Waals surface area contributed by atoms with Gasteiger partial charge in [0.25, 0.3) is 0 Å². The maximum atomic E-state index is 13.5. The van der Waals surface area contributed by atoms with Gasteiger partial charge in [-0.2, -0.15) is 13.2 Å².